The van der Waals surface area contributed by atoms with E-state index in [0.29, 0.717) is 5.56 Å². The SMILES string of the molecule is CN1C(=O)[C@H](c2ccc(C(C)(F)F)cc2)[C@@](C)(c2cc(-c3cncc(O)c3)cs2)N=C1N. The first-order valence-electron chi connectivity index (χ1n) is 9.85. The molecule has 3 aromatic rings. The number of carbonyl (C=O) groups is 1. The lowest BCUT2D eigenvalue weighted by Crippen LogP contribution is -2.52. The Kier molecular flexibility index (Phi) is 5.24. The topological polar surface area (TPSA) is 91.8 Å². The Morgan fingerprint density at radius 1 is 1.19 bits per heavy atom. The fourth-order valence-corrected chi connectivity index (χ4v) is 4.95. The van der Waals surface area contributed by atoms with Gasteiger partial charge in [0.1, 0.15) is 11.3 Å². The Balaban J connectivity index is 1.81. The molecule has 0 saturated carbocycles. The maximum atomic E-state index is 13.7. The molecule has 2 atom stereocenters. The fourth-order valence-electron chi connectivity index (χ4n) is 3.90. The van der Waals surface area contributed by atoms with Crippen LogP contribution in [-0.2, 0) is 16.3 Å². The Morgan fingerprint density at radius 3 is 2.50 bits per heavy atom. The van der Waals surface area contributed by atoms with E-state index in [1.165, 1.54) is 34.6 Å². The molecule has 0 fully saturated rings. The smallest absolute Gasteiger partial charge is 0.270 e. The molecule has 2 aromatic heterocycles. The van der Waals surface area contributed by atoms with Gasteiger partial charge in [0.15, 0.2) is 5.96 Å². The first-order valence-corrected chi connectivity index (χ1v) is 10.7. The maximum absolute atomic E-state index is 13.7. The van der Waals surface area contributed by atoms with Crippen LogP contribution in [-0.4, -0.2) is 33.9 Å². The van der Waals surface area contributed by atoms with Gasteiger partial charge in [0.25, 0.3) is 5.92 Å². The van der Waals surface area contributed by atoms with E-state index in [2.05, 4.69) is 9.98 Å². The number of aromatic hydroxyl groups is 1. The first-order chi connectivity index (χ1) is 15.0. The van der Waals surface area contributed by atoms with Crippen LogP contribution in [0.5, 0.6) is 5.75 Å². The summed E-state index contributed by atoms with van der Waals surface area (Å²) in [4.78, 5) is 24.0. The van der Waals surface area contributed by atoms with Crippen molar-refractivity contribution < 1.29 is 18.7 Å². The lowest BCUT2D eigenvalue weighted by atomic mass is 9.77. The molecule has 166 valence electrons. The van der Waals surface area contributed by atoms with Crippen molar-refractivity contribution in [3.05, 3.63) is 70.2 Å². The lowest BCUT2D eigenvalue weighted by molar-refractivity contribution is -0.130. The molecule has 4 rings (SSSR count). The molecule has 0 aliphatic carbocycles. The van der Waals surface area contributed by atoms with Crippen LogP contribution < -0.4 is 5.73 Å². The van der Waals surface area contributed by atoms with Crippen molar-refractivity contribution in [3.8, 4) is 16.9 Å². The molecular weight excluding hydrogens is 434 g/mol. The van der Waals surface area contributed by atoms with Crippen molar-refractivity contribution in [2.45, 2.75) is 31.2 Å². The van der Waals surface area contributed by atoms with Crippen molar-refractivity contribution in [2.24, 2.45) is 10.7 Å². The van der Waals surface area contributed by atoms with Gasteiger partial charge in [-0.05, 0) is 35.6 Å². The molecule has 1 aliphatic rings. The maximum Gasteiger partial charge on any atom is 0.270 e. The molecule has 3 heterocycles. The van der Waals surface area contributed by atoms with Gasteiger partial charge in [-0.25, -0.2) is 13.8 Å². The number of likely N-dealkylation sites (N-methyl/N-ethyl adjacent to an activating group) is 1. The van der Waals surface area contributed by atoms with Crippen molar-refractivity contribution in [3.63, 3.8) is 0 Å². The molecule has 0 radical (unpaired) electrons. The second-order valence-corrected chi connectivity index (χ2v) is 9.00. The molecule has 0 saturated heterocycles. The minimum absolute atomic E-state index is 0.0453. The Hall–Kier alpha value is -3.33. The standard InChI is InChI=1S/C23H22F2N4O2S/c1-22(18-9-15(12-32-18)14-8-17(30)11-27-10-14)19(20(31)29(3)21(26)28-22)13-4-6-16(7-5-13)23(2,24)25/h4-12,19,30H,1-3H3,(H2,26,28)/t19-,22+/m0/s1. The molecule has 6 nitrogen and oxygen atoms in total. The molecule has 3 N–H and O–H groups in total. The number of aromatic nitrogens is 1. The summed E-state index contributed by atoms with van der Waals surface area (Å²) in [6, 6.07) is 9.25. The molecule has 1 aliphatic heterocycles. The molecule has 1 aromatic carbocycles. The number of alkyl halides is 2. The van der Waals surface area contributed by atoms with E-state index in [9.17, 15) is 18.7 Å². The molecular formula is C23H22F2N4O2S. The zero-order valence-electron chi connectivity index (χ0n) is 17.7. The van der Waals surface area contributed by atoms with E-state index >= 15 is 0 Å². The first kappa shape index (κ1) is 21.9. The average Bonchev–Trinajstić information content (AvgIpc) is 3.23. The molecule has 32 heavy (non-hydrogen) atoms. The van der Waals surface area contributed by atoms with Gasteiger partial charge in [-0.15, -0.1) is 11.3 Å². The van der Waals surface area contributed by atoms with Gasteiger partial charge in [-0.2, -0.15) is 0 Å². The van der Waals surface area contributed by atoms with E-state index in [-0.39, 0.29) is 23.2 Å². The number of thiophene rings is 1. The van der Waals surface area contributed by atoms with Crippen LogP contribution in [0.25, 0.3) is 11.1 Å². The second kappa shape index (κ2) is 7.67. The summed E-state index contributed by atoms with van der Waals surface area (Å²) in [5.41, 5.74) is 6.99. The minimum atomic E-state index is -2.98. The summed E-state index contributed by atoms with van der Waals surface area (Å²) in [7, 11) is 1.54. The van der Waals surface area contributed by atoms with Crippen LogP contribution in [0.4, 0.5) is 8.78 Å². The fraction of sp³-hybridized carbons (Fsp3) is 0.261. The number of pyridine rings is 1. The van der Waals surface area contributed by atoms with Gasteiger partial charge in [0.05, 0.1) is 12.1 Å². The third-order valence-electron chi connectivity index (χ3n) is 5.74. The summed E-state index contributed by atoms with van der Waals surface area (Å²) in [5, 5.41) is 11.6. The zero-order chi connectivity index (χ0) is 23.3. The Morgan fingerprint density at radius 2 is 1.88 bits per heavy atom. The van der Waals surface area contributed by atoms with Crippen molar-refractivity contribution in [1.82, 2.24) is 9.88 Å². The third kappa shape index (κ3) is 3.73. The van der Waals surface area contributed by atoms with Gasteiger partial charge >= 0.3 is 0 Å². The quantitative estimate of drug-likeness (QED) is 0.608. The largest absolute Gasteiger partial charge is 0.506 e. The van der Waals surface area contributed by atoms with Crippen LogP contribution in [0.2, 0.25) is 0 Å². The normalized spacial score (nSPS) is 21.5. The summed E-state index contributed by atoms with van der Waals surface area (Å²) < 4.78 is 27.4. The van der Waals surface area contributed by atoms with Crippen LogP contribution in [0.15, 0.2) is 59.2 Å². The number of nitrogens with zero attached hydrogens (tertiary/aromatic N) is 3. The predicted octanol–water partition coefficient (Wildman–Crippen LogP) is 4.41. The molecule has 0 bridgehead atoms. The number of benzene rings is 1. The van der Waals surface area contributed by atoms with E-state index in [0.717, 1.165) is 22.9 Å². The number of nitrogens with two attached hydrogens (primary N) is 1. The molecule has 9 heteroatoms. The summed E-state index contributed by atoms with van der Waals surface area (Å²) in [6.45, 7) is 2.65. The summed E-state index contributed by atoms with van der Waals surface area (Å²) >= 11 is 1.40. The number of rotatable bonds is 4. The van der Waals surface area contributed by atoms with Crippen LogP contribution >= 0.6 is 11.3 Å². The average molecular weight is 457 g/mol. The van der Waals surface area contributed by atoms with Crippen LogP contribution in [0, 0.1) is 0 Å². The van der Waals surface area contributed by atoms with E-state index in [1.54, 1.807) is 31.4 Å². The highest BCUT2D eigenvalue weighted by atomic mass is 32.1. The van der Waals surface area contributed by atoms with E-state index < -0.39 is 17.4 Å². The molecule has 1 amide bonds. The monoisotopic (exact) mass is 456 g/mol. The minimum Gasteiger partial charge on any atom is -0.506 e. The van der Waals surface area contributed by atoms with Gasteiger partial charge in [-0.3, -0.25) is 14.7 Å². The van der Waals surface area contributed by atoms with Crippen molar-refractivity contribution in [2.75, 3.05) is 7.05 Å². The second-order valence-electron chi connectivity index (χ2n) is 8.09. The van der Waals surface area contributed by atoms with Crippen molar-refractivity contribution in [1.29, 1.82) is 0 Å². The van der Waals surface area contributed by atoms with E-state index in [1.807, 2.05) is 18.4 Å². The summed E-state index contributed by atoms with van der Waals surface area (Å²) in [6.07, 6.45) is 2.98. The number of carbonyl (C=O) groups excluding carboxylic acids is 1. The van der Waals surface area contributed by atoms with Gasteiger partial charge in [0, 0.05) is 36.2 Å². The Labute approximate surface area is 188 Å². The number of aliphatic imine (C=N–C) groups is 1. The van der Waals surface area contributed by atoms with Crippen LogP contribution in [0.1, 0.15) is 35.8 Å². The number of guanidine groups is 1. The van der Waals surface area contributed by atoms with Crippen LogP contribution in [0.3, 0.4) is 0 Å². The van der Waals surface area contributed by atoms with Gasteiger partial charge < -0.3 is 10.8 Å². The molecule has 0 spiro atoms. The summed E-state index contributed by atoms with van der Waals surface area (Å²) in [5.74, 6) is -3.88. The number of halogens is 2. The number of amides is 1. The zero-order valence-corrected chi connectivity index (χ0v) is 18.5. The molecule has 0 unspecified atom stereocenters. The number of hydrogen-bond donors (Lipinski definition) is 2. The van der Waals surface area contributed by atoms with Gasteiger partial charge in [-0.1, -0.05) is 24.3 Å². The third-order valence-corrected chi connectivity index (χ3v) is 6.89. The number of hydrogen-bond acceptors (Lipinski definition) is 6. The highest BCUT2D eigenvalue weighted by Gasteiger charge is 2.48. The Bertz CT molecular complexity index is 1200. The van der Waals surface area contributed by atoms with E-state index in [4.69, 9.17) is 5.73 Å². The highest BCUT2D eigenvalue weighted by molar-refractivity contribution is 7.10. The lowest BCUT2D eigenvalue weighted by Gasteiger charge is -2.40. The van der Waals surface area contributed by atoms with Crippen molar-refractivity contribution >= 4 is 23.2 Å². The predicted molar refractivity (Wildman–Crippen MR) is 120 cm³/mol. The van der Waals surface area contributed by atoms with Gasteiger partial charge in [0.2, 0.25) is 5.91 Å². The highest BCUT2D eigenvalue weighted by Crippen LogP contribution is 2.47.